The first-order valence-electron chi connectivity index (χ1n) is 11.8. The van der Waals surface area contributed by atoms with Crippen LogP contribution in [0.2, 0.25) is 0 Å². The van der Waals surface area contributed by atoms with Gasteiger partial charge in [0.05, 0.1) is 31.2 Å². The maximum absolute atomic E-state index is 13.9. The van der Waals surface area contributed by atoms with Crippen molar-refractivity contribution < 1.29 is 27.0 Å². The molecule has 200 valence electrons. The monoisotopic (exact) mass is 545 g/mol. The van der Waals surface area contributed by atoms with Crippen molar-refractivity contribution in [2.75, 3.05) is 14.2 Å². The minimum Gasteiger partial charge on any atom is -0.496 e. The predicted molar refractivity (Wildman–Crippen MR) is 140 cm³/mol. The molecule has 0 bridgehead atoms. The van der Waals surface area contributed by atoms with E-state index in [9.17, 15) is 17.6 Å². The van der Waals surface area contributed by atoms with Crippen molar-refractivity contribution in [1.82, 2.24) is 9.55 Å². The van der Waals surface area contributed by atoms with Gasteiger partial charge in [0, 0.05) is 46.9 Å². The van der Waals surface area contributed by atoms with Crippen molar-refractivity contribution in [3.05, 3.63) is 86.5 Å². The number of hydrogen-bond donors (Lipinski definition) is 0. The molecule has 0 amide bonds. The Morgan fingerprint density at radius 3 is 2.47 bits per heavy atom. The molecule has 0 aliphatic heterocycles. The van der Waals surface area contributed by atoms with Gasteiger partial charge in [0.1, 0.15) is 17.3 Å². The summed E-state index contributed by atoms with van der Waals surface area (Å²) in [7, 11) is 3.20. The van der Waals surface area contributed by atoms with Gasteiger partial charge in [-0.1, -0.05) is 6.07 Å². The van der Waals surface area contributed by atoms with E-state index in [0.29, 0.717) is 23.5 Å². The lowest BCUT2D eigenvalue weighted by atomic mass is 10.1. The first-order chi connectivity index (χ1) is 18.0. The lowest BCUT2D eigenvalue weighted by Gasteiger charge is -2.15. The van der Waals surface area contributed by atoms with Crippen LogP contribution in [0.5, 0.6) is 11.5 Å². The second-order valence-electron chi connectivity index (χ2n) is 8.83. The number of aromatic nitrogens is 2. The normalized spacial score (nSPS) is 12.2. The van der Waals surface area contributed by atoms with E-state index in [1.807, 2.05) is 48.9 Å². The van der Waals surface area contributed by atoms with Gasteiger partial charge in [-0.2, -0.15) is 13.2 Å². The number of thiazole rings is 1. The molecule has 0 N–H and O–H groups in total. The highest BCUT2D eigenvalue weighted by atomic mass is 32.1. The van der Waals surface area contributed by atoms with Crippen molar-refractivity contribution in [2.24, 2.45) is 4.99 Å². The number of nitrogens with zero attached hydrogens (tertiary/aromatic N) is 3. The molecule has 2 heterocycles. The number of ether oxygens (including phenoxy) is 2. The third-order valence-electron chi connectivity index (χ3n) is 6.23. The Labute approximate surface area is 222 Å². The van der Waals surface area contributed by atoms with Gasteiger partial charge >= 0.3 is 6.18 Å². The molecule has 10 heteroatoms. The molecule has 2 aromatic heterocycles. The molecule has 0 saturated heterocycles. The number of halogens is 4. The molecule has 0 saturated carbocycles. The number of benzene rings is 2. The average molecular weight is 546 g/mol. The van der Waals surface area contributed by atoms with E-state index in [-0.39, 0.29) is 5.69 Å². The smallest absolute Gasteiger partial charge is 0.419 e. The van der Waals surface area contributed by atoms with Crippen molar-refractivity contribution in [3.63, 3.8) is 0 Å². The van der Waals surface area contributed by atoms with Crippen LogP contribution in [-0.4, -0.2) is 23.8 Å². The van der Waals surface area contributed by atoms with Crippen LogP contribution in [0.4, 0.5) is 23.2 Å². The number of hydrogen-bond acceptors (Lipinski definition) is 5. The van der Waals surface area contributed by atoms with Gasteiger partial charge in [-0.3, -0.25) is 4.98 Å². The van der Waals surface area contributed by atoms with Crippen molar-refractivity contribution >= 4 is 17.0 Å². The molecule has 5 nitrogen and oxygen atoms in total. The number of pyridine rings is 1. The van der Waals surface area contributed by atoms with Crippen LogP contribution in [0.15, 0.2) is 53.0 Å². The van der Waals surface area contributed by atoms with Crippen LogP contribution in [0.1, 0.15) is 27.9 Å². The summed E-state index contributed by atoms with van der Waals surface area (Å²) in [5.41, 5.74) is 3.96. The summed E-state index contributed by atoms with van der Waals surface area (Å²) < 4.78 is 66.9. The van der Waals surface area contributed by atoms with Crippen LogP contribution in [0.25, 0.3) is 11.3 Å². The number of aryl methyl sites for hydroxylation is 3. The third-order valence-corrected chi connectivity index (χ3v) is 7.10. The topological polar surface area (TPSA) is 48.6 Å². The number of alkyl halides is 3. The largest absolute Gasteiger partial charge is 0.496 e. The Morgan fingerprint density at radius 2 is 1.79 bits per heavy atom. The zero-order chi connectivity index (χ0) is 27.6. The Hall–Kier alpha value is -3.66. The van der Waals surface area contributed by atoms with Gasteiger partial charge in [-0.05, 0) is 56.7 Å². The van der Waals surface area contributed by atoms with Gasteiger partial charge < -0.3 is 14.0 Å². The Kier molecular flexibility index (Phi) is 7.91. The zero-order valence-corrected chi connectivity index (χ0v) is 22.4. The molecule has 0 atom stereocenters. The van der Waals surface area contributed by atoms with E-state index in [1.165, 1.54) is 17.4 Å². The molecule has 4 rings (SSSR count). The lowest BCUT2D eigenvalue weighted by Crippen LogP contribution is -2.18. The number of rotatable bonds is 7. The van der Waals surface area contributed by atoms with Gasteiger partial charge in [0.15, 0.2) is 4.80 Å². The summed E-state index contributed by atoms with van der Waals surface area (Å²) in [6.07, 6.45) is -2.55. The maximum Gasteiger partial charge on any atom is 0.419 e. The first-order valence-corrected chi connectivity index (χ1v) is 12.6. The fourth-order valence-corrected chi connectivity index (χ4v) is 5.26. The summed E-state index contributed by atoms with van der Waals surface area (Å²) in [4.78, 5) is 9.53. The van der Waals surface area contributed by atoms with Crippen molar-refractivity contribution in [2.45, 2.75) is 39.9 Å². The van der Waals surface area contributed by atoms with Crippen molar-refractivity contribution in [1.29, 1.82) is 0 Å². The molecular formula is C28H27F4N3O2S. The Balaban J connectivity index is 1.85. The molecule has 38 heavy (non-hydrogen) atoms. The summed E-state index contributed by atoms with van der Waals surface area (Å²) in [6.45, 7) is 6.26. The van der Waals surface area contributed by atoms with Crippen LogP contribution in [-0.2, 0) is 19.1 Å². The fraction of sp³-hybridized carbons (Fsp3) is 0.286. The molecule has 0 aliphatic carbocycles. The molecule has 4 aromatic rings. The highest BCUT2D eigenvalue weighted by Gasteiger charge is 2.34. The average Bonchev–Trinajstić information content (AvgIpc) is 3.26. The molecule has 0 radical (unpaired) electrons. The SMILES string of the molecule is COc1cc(C)ccc1-c1csc(=Nc2ccc(F)c(C(F)(F)F)c2)n1CCc1ncc(C)c(OC)c1C. The standard InChI is InChI=1S/C28H27F4N3O2S/c1-16-6-8-20(25(12-16)36-4)24-15-38-27(34-19-7-9-22(29)21(13-19)28(30,31)32)35(24)11-10-23-18(3)26(37-5)17(2)14-33-23/h6-9,12-15H,10-11H2,1-5H3. The fourth-order valence-electron chi connectivity index (χ4n) is 4.31. The summed E-state index contributed by atoms with van der Waals surface area (Å²) in [6, 6.07) is 8.56. The lowest BCUT2D eigenvalue weighted by molar-refractivity contribution is -0.139. The van der Waals surface area contributed by atoms with Gasteiger partial charge in [0.25, 0.3) is 0 Å². The minimum atomic E-state index is -4.82. The minimum absolute atomic E-state index is 0.00283. The summed E-state index contributed by atoms with van der Waals surface area (Å²) >= 11 is 1.28. The van der Waals surface area contributed by atoms with E-state index >= 15 is 0 Å². The molecule has 2 aromatic carbocycles. The van der Waals surface area contributed by atoms with Gasteiger partial charge in [-0.25, -0.2) is 9.38 Å². The quantitative estimate of drug-likeness (QED) is 0.231. The number of methoxy groups -OCH3 is 2. The second kappa shape index (κ2) is 11.0. The summed E-state index contributed by atoms with van der Waals surface area (Å²) in [5, 5.41) is 1.89. The molecule has 0 fully saturated rings. The first kappa shape index (κ1) is 27.4. The van der Waals surface area contributed by atoms with Crippen LogP contribution >= 0.6 is 11.3 Å². The molecule has 0 unspecified atom stereocenters. The molecule has 0 aliphatic rings. The van der Waals surface area contributed by atoms with Gasteiger partial charge in [-0.15, -0.1) is 11.3 Å². The third kappa shape index (κ3) is 5.60. The molecule has 0 spiro atoms. The van der Waals surface area contributed by atoms with Crippen LogP contribution in [0, 0.1) is 26.6 Å². The van der Waals surface area contributed by atoms with E-state index in [0.717, 1.165) is 51.5 Å². The zero-order valence-electron chi connectivity index (χ0n) is 21.6. The molecular weight excluding hydrogens is 518 g/mol. The second-order valence-corrected chi connectivity index (χ2v) is 9.67. The van der Waals surface area contributed by atoms with Crippen LogP contribution < -0.4 is 14.3 Å². The highest BCUT2D eigenvalue weighted by molar-refractivity contribution is 7.07. The van der Waals surface area contributed by atoms with E-state index in [4.69, 9.17) is 9.47 Å². The van der Waals surface area contributed by atoms with E-state index in [2.05, 4.69) is 9.98 Å². The van der Waals surface area contributed by atoms with Crippen LogP contribution in [0.3, 0.4) is 0 Å². The van der Waals surface area contributed by atoms with E-state index in [1.54, 1.807) is 20.4 Å². The maximum atomic E-state index is 13.9. The Bertz CT molecular complexity index is 1540. The van der Waals surface area contributed by atoms with Gasteiger partial charge in [0.2, 0.25) is 0 Å². The summed E-state index contributed by atoms with van der Waals surface area (Å²) in [5.74, 6) is 0.0904. The van der Waals surface area contributed by atoms with Crippen molar-refractivity contribution in [3.8, 4) is 22.8 Å². The van der Waals surface area contributed by atoms with E-state index < -0.39 is 17.6 Å². The Morgan fingerprint density at radius 1 is 1.03 bits per heavy atom. The highest BCUT2D eigenvalue weighted by Crippen LogP contribution is 2.35. The predicted octanol–water partition coefficient (Wildman–Crippen LogP) is 7.19.